The van der Waals surface area contributed by atoms with E-state index in [4.69, 9.17) is 39.5 Å². The fourth-order valence-electron chi connectivity index (χ4n) is 2.64. The van der Waals surface area contributed by atoms with Gasteiger partial charge in [0.05, 0.1) is 15.1 Å². The highest BCUT2D eigenvalue weighted by molar-refractivity contribution is 6.43. The number of rotatable bonds is 5. The van der Waals surface area contributed by atoms with Gasteiger partial charge in [-0.2, -0.15) is 0 Å². The Hall–Kier alpha value is -0.150. The number of hydrogen-bond donors (Lipinski definition) is 1. The summed E-state index contributed by atoms with van der Waals surface area (Å²) >= 11 is 17.9. The topological polar surface area (TPSA) is 21.3 Å². The van der Waals surface area contributed by atoms with Crippen LogP contribution in [-0.2, 0) is 0 Å². The monoisotopic (exact) mass is 335 g/mol. The molecule has 0 bridgehead atoms. The molecule has 1 aromatic rings. The van der Waals surface area contributed by atoms with Crippen LogP contribution in [0.2, 0.25) is 15.1 Å². The van der Waals surface area contributed by atoms with Crippen molar-refractivity contribution in [2.45, 2.75) is 38.6 Å². The van der Waals surface area contributed by atoms with E-state index in [-0.39, 0.29) is 0 Å². The Balaban J connectivity index is 1.77. The molecule has 112 valence electrons. The summed E-state index contributed by atoms with van der Waals surface area (Å²) in [6, 6.07) is 3.88. The first-order chi connectivity index (χ1) is 9.58. The van der Waals surface area contributed by atoms with Crippen molar-refractivity contribution in [1.29, 1.82) is 0 Å². The lowest BCUT2D eigenvalue weighted by Crippen LogP contribution is -2.39. The first-order valence-electron chi connectivity index (χ1n) is 7.08. The van der Waals surface area contributed by atoms with Crippen LogP contribution in [-0.4, -0.2) is 19.2 Å². The molecule has 1 fully saturated rings. The maximum absolute atomic E-state index is 6.06. The largest absolute Gasteiger partial charge is 0.491 e. The van der Waals surface area contributed by atoms with Gasteiger partial charge in [0, 0.05) is 18.7 Å². The van der Waals surface area contributed by atoms with Crippen LogP contribution in [0.15, 0.2) is 12.1 Å². The lowest BCUT2D eigenvalue weighted by atomic mass is 9.86. The van der Waals surface area contributed by atoms with E-state index in [0.717, 1.165) is 12.5 Å². The van der Waals surface area contributed by atoms with Gasteiger partial charge in [-0.05, 0) is 24.8 Å². The van der Waals surface area contributed by atoms with E-state index in [1.807, 2.05) is 0 Å². The maximum atomic E-state index is 6.06. The van der Waals surface area contributed by atoms with Crippen LogP contribution in [0.4, 0.5) is 0 Å². The summed E-state index contributed by atoms with van der Waals surface area (Å²) < 4.78 is 5.66. The Morgan fingerprint density at radius 3 is 2.55 bits per heavy atom. The van der Waals surface area contributed by atoms with Crippen LogP contribution in [0, 0.1) is 5.92 Å². The van der Waals surface area contributed by atoms with Crippen LogP contribution in [0.25, 0.3) is 0 Å². The second-order valence-electron chi connectivity index (χ2n) is 5.37. The zero-order valence-electron chi connectivity index (χ0n) is 11.6. The van der Waals surface area contributed by atoms with Crippen molar-refractivity contribution >= 4 is 34.8 Å². The van der Waals surface area contributed by atoms with E-state index in [1.54, 1.807) is 12.1 Å². The Morgan fingerprint density at radius 2 is 1.80 bits per heavy atom. The molecule has 0 aromatic heterocycles. The molecule has 1 N–H and O–H groups in total. The minimum absolute atomic E-state index is 0.443. The van der Waals surface area contributed by atoms with Crippen LogP contribution in [0.5, 0.6) is 5.75 Å². The lowest BCUT2D eigenvalue weighted by molar-refractivity contribution is 0.251. The molecule has 20 heavy (non-hydrogen) atoms. The molecule has 0 radical (unpaired) electrons. The molecule has 1 aliphatic rings. The molecule has 0 heterocycles. The molecule has 1 aromatic carbocycles. The number of ether oxygens (including phenoxy) is 1. The van der Waals surface area contributed by atoms with Gasteiger partial charge in [-0.25, -0.2) is 0 Å². The molecule has 2 rings (SSSR count). The lowest BCUT2D eigenvalue weighted by Gasteiger charge is -2.29. The molecule has 1 saturated carbocycles. The highest BCUT2D eigenvalue weighted by atomic mass is 35.5. The average Bonchev–Trinajstić information content (AvgIpc) is 2.42. The third kappa shape index (κ3) is 4.42. The quantitative estimate of drug-likeness (QED) is 0.590. The van der Waals surface area contributed by atoms with Gasteiger partial charge in [0.25, 0.3) is 0 Å². The molecule has 0 saturated heterocycles. The molecular weight excluding hydrogens is 317 g/mol. The van der Waals surface area contributed by atoms with E-state index in [1.165, 1.54) is 25.7 Å². The predicted molar refractivity (Wildman–Crippen MR) is 86.4 cm³/mol. The Morgan fingerprint density at radius 1 is 1.10 bits per heavy atom. The summed E-state index contributed by atoms with van der Waals surface area (Å²) in [4.78, 5) is 0. The van der Waals surface area contributed by atoms with Gasteiger partial charge in [-0.3, -0.25) is 0 Å². The van der Waals surface area contributed by atoms with E-state index >= 15 is 0 Å². The third-order valence-corrected chi connectivity index (χ3v) is 4.87. The van der Waals surface area contributed by atoms with Crippen molar-refractivity contribution in [3.63, 3.8) is 0 Å². The molecule has 0 spiro atoms. The zero-order valence-corrected chi connectivity index (χ0v) is 13.9. The van der Waals surface area contributed by atoms with Crippen LogP contribution in [0.3, 0.4) is 0 Å². The molecule has 1 aliphatic carbocycles. The molecule has 5 heteroatoms. The molecule has 0 amide bonds. The summed E-state index contributed by atoms with van der Waals surface area (Å²) in [6.07, 6.45) is 5.25. The second-order valence-corrected chi connectivity index (χ2v) is 6.59. The third-order valence-electron chi connectivity index (χ3n) is 3.85. The average molecular weight is 337 g/mol. The Bertz CT molecular complexity index is 453. The molecule has 2 nitrogen and oxygen atoms in total. The van der Waals surface area contributed by atoms with Crippen molar-refractivity contribution in [2.24, 2.45) is 5.92 Å². The summed E-state index contributed by atoms with van der Waals surface area (Å²) in [5, 5.41) is 4.95. The summed E-state index contributed by atoms with van der Waals surface area (Å²) in [7, 11) is 0. The van der Waals surface area contributed by atoms with Gasteiger partial charge in [0.15, 0.2) is 0 Å². The maximum Gasteiger partial charge on any atom is 0.139 e. The fraction of sp³-hybridized carbons (Fsp3) is 0.600. The van der Waals surface area contributed by atoms with Gasteiger partial charge in [-0.15, -0.1) is 0 Å². The number of nitrogens with one attached hydrogen (secondary N) is 1. The summed E-state index contributed by atoms with van der Waals surface area (Å²) in [5.74, 6) is 1.33. The smallest absolute Gasteiger partial charge is 0.139 e. The predicted octanol–water partition coefficient (Wildman–Crippen LogP) is 5.19. The Labute approximate surface area is 135 Å². The first kappa shape index (κ1) is 16.2. The fourth-order valence-corrected chi connectivity index (χ4v) is 3.23. The summed E-state index contributed by atoms with van der Waals surface area (Å²) in [5.41, 5.74) is 0. The van der Waals surface area contributed by atoms with Gasteiger partial charge in [0.1, 0.15) is 12.4 Å². The van der Waals surface area contributed by atoms with E-state index in [0.29, 0.717) is 33.5 Å². The minimum atomic E-state index is 0.443. The van der Waals surface area contributed by atoms with Crippen LogP contribution in [0.1, 0.15) is 32.6 Å². The van der Waals surface area contributed by atoms with Crippen LogP contribution < -0.4 is 10.1 Å². The SMILES string of the molecule is CC1CCCCC1NCCOc1cc(Cl)c(Cl)cc1Cl. The molecular formula is C15H20Cl3NO. The van der Waals surface area contributed by atoms with E-state index < -0.39 is 0 Å². The number of hydrogen-bond acceptors (Lipinski definition) is 2. The van der Waals surface area contributed by atoms with Crippen molar-refractivity contribution in [3.8, 4) is 5.75 Å². The van der Waals surface area contributed by atoms with Crippen molar-refractivity contribution in [3.05, 3.63) is 27.2 Å². The normalized spacial score (nSPS) is 22.8. The van der Waals surface area contributed by atoms with Crippen molar-refractivity contribution in [2.75, 3.05) is 13.2 Å². The van der Waals surface area contributed by atoms with Crippen molar-refractivity contribution in [1.82, 2.24) is 5.32 Å². The Kier molecular flexibility index (Phi) is 6.28. The number of benzene rings is 1. The second kappa shape index (κ2) is 7.74. The number of halogens is 3. The minimum Gasteiger partial charge on any atom is -0.491 e. The van der Waals surface area contributed by atoms with Gasteiger partial charge >= 0.3 is 0 Å². The van der Waals surface area contributed by atoms with E-state index in [9.17, 15) is 0 Å². The van der Waals surface area contributed by atoms with Gasteiger partial charge < -0.3 is 10.1 Å². The summed E-state index contributed by atoms with van der Waals surface area (Å²) in [6.45, 7) is 3.69. The molecule has 2 unspecified atom stereocenters. The zero-order chi connectivity index (χ0) is 14.5. The van der Waals surface area contributed by atoms with Crippen LogP contribution >= 0.6 is 34.8 Å². The highest BCUT2D eigenvalue weighted by Gasteiger charge is 2.20. The van der Waals surface area contributed by atoms with Gasteiger partial charge in [0.2, 0.25) is 0 Å². The molecule has 0 aliphatic heterocycles. The first-order valence-corrected chi connectivity index (χ1v) is 8.22. The molecule has 2 atom stereocenters. The van der Waals surface area contributed by atoms with Crippen molar-refractivity contribution < 1.29 is 4.74 Å². The van der Waals surface area contributed by atoms with E-state index in [2.05, 4.69) is 12.2 Å². The standard InChI is InChI=1S/C15H20Cl3NO/c1-10-4-2-3-5-14(10)19-6-7-20-15-9-12(17)11(16)8-13(15)18/h8-10,14,19H,2-7H2,1H3. The highest BCUT2D eigenvalue weighted by Crippen LogP contribution is 2.33. The van der Waals surface area contributed by atoms with Gasteiger partial charge in [-0.1, -0.05) is 54.6 Å².